The van der Waals surface area contributed by atoms with Gasteiger partial charge in [-0.3, -0.25) is 4.79 Å². The highest BCUT2D eigenvalue weighted by Crippen LogP contribution is 2.25. The van der Waals surface area contributed by atoms with E-state index in [9.17, 15) is 4.79 Å². The Morgan fingerprint density at radius 2 is 1.89 bits per heavy atom. The Balaban J connectivity index is 1.53. The number of rotatable bonds is 4. The van der Waals surface area contributed by atoms with Crippen LogP contribution in [-0.4, -0.2) is 20.7 Å². The average Bonchev–Trinajstić information content (AvgIpc) is 3.19. The summed E-state index contributed by atoms with van der Waals surface area (Å²) in [5.74, 6) is -0.174. The smallest absolute Gasteiger partial charge is 0.248 e. The lowest BCUT2D eigenvalue weighted by atomic mass is 10.2. The molecule has 5 nitrogen and oxygen atoms in total. The highest BCUT2D eigenvalue weighted by Gasteiger charge is 2.11. The number of benzene rings is 2. The van der Waals surface area contributed by atoms with Crippen molar-refractivity contribution in [2.24, 2.45) is 0 Å². The standard InChI is InChI=1S/C22H20N4OS/c1-14-19(15(2)26(25-14)18-7-5-4-6-8-18)10-12-22(27)24-17-9-11-20-21(13-17)28-16(3)23-20/h4-13H,1-3H3,(H,24,27)/b12-10+. The monoisotopic (exact) mass is 388 g/mol. The molecule has 0 aliphatic carbocycles. The number of hydrogen-bond acceptors (Lipinski definition) is 4. The van der Waals surface area contributed by atoms with Crippen molar-refractivity contribution in [3.63, 3.8) is 0 Å². The largest absolute Gasteiger partial charge is 0.322 e. The van der Waals surface area contributed by atoms with Crippen molar-refractivity contribution in [3.8, 4) is 5.69 Å². The van der Waals surface area contributed by atoms with Crippen LogP contribution in [0.25, 0.3) is 22.0 Å². The van der Waals surface area contributed by atoms with Gasteiger partial charge in [0.15, 0.2) is 0 Å². The predicted molar refractivity (Wildman–Crippen MR) is 115 cm³/mol. The molecule has 1 N–H and O–H groups in total. The molecule has 0 spiro atoms. The molecular formula is C22H20N4OS. The molecule has 0 aliphatic heterocycles. The SMILES string of the molecule is Cc1nc2ccc(NC(=O)/C=C/c3c(C)nn(-c4ccccc4)c3C)cc2s1. The fraction of sp³-hybridized carbons (Fsp3) is 0.136. The van der Waals surface area contributed by atoms with Crippen LogP contribution in [0.1, 0.15) is 22.0 Å². The van der Waals surface area contributed by atoms with E-state index in [4.69, 9.17) is 0 Å². The van der Waals surface area contributed by atoms with Crippen LogP contribution in [0.2, 0.25) is 0 Å². The fourth-order valence-electron chi connectivity index (χ4n) is 3.18. The van der Waals surface area contributed by atoms with Crippen molar-refractivity contribution < 1.29 is 4.79 Å². The number of nitrogens with zero attached hydrogens (tertiary/aromatic N) is 3. The van der Waals surface area contributed by atoms with Crippen LogP contribution >= 0.6 is 11.3 Å². The lowest BCUT2D eigenvalue weighted by Crippen LogP contribution is -2.07. The minimum atomic E-state index is -0.174. The highest BCUT2D eigenvalue weighted by molar-refractivity contribution is 7.18. The van der Waals surface area contributed by atoms with E-state index in [1.165, 1.54) is 0 Å². The molecule has 0 bridgehead atoms. The minimum absolute atomic E-state index is 0.174. The van der Waals surface area contributed by atoms with Gasteiger partial charge in [0.2, 0.25) is 5.91 Å². The van der Waals surface area contributed by atoms with Crippen molar-refractivity contribution >= 4 is 39.2 Å². The zero-order valence-corrected chi connectivity index (χ0v) is 16.7. The van der Waals surface area contributed by atoms with Gasteiger partial charge in [0.05, 0.1) is 26.6 Å². The van der Waals surface area contributed by atoms with Crippen LogP contribution in [0.3, 0.4) is 0 Å². The Labute approximate surface area is 167 Å². The van der Waals surface area contributed by atoms with Crippen molar-refractivity contribution in [1.82, 2.24) is 14.8 Å². The summed E-state index contributed by atoms with van der Waals surface area (Å²) < 4.78 is 2.96. The minimum Gasteiger partial charge on any atom is -0.322 e. The summed E-state index contributed by atoms with van der Waals surface area (Å²) in [6.45, 7) is 5.93. The Morgan fingerprint density at radius 1 is 1.11 bits per heavy atom. The van der Waals surface area contributed by atoms with Gasteiger partial charge in [0.25, 0.3) is 0 Å². The number of nitrogens with one attached hydrogen (secondary N) is 1. The summed E-state index contributed by atoms with van der Waals surface area (Å²) in [6.07, 6.45) is 3.37. The van der Waals surface area contributed by atoms with E-state index in [-0.39, 0.29) is 5.91 Å². The zero-order valence-electron chi connectivity index (χ0n) is 15.9. The van der Waals surface area contributed by atoms with Crippen LogP contribution in [0.4, 0.5) is 5.69 Å². The third-order valence-electron chi connectivity index (χ3n) is 4.51. The van der Waals surface area contributed by atoms with E-state index in [0.717, 1.165) is 43.6 Å². The Morgan fingerprint density at radius 3 is 2.68 bits per heavy atom. The summed E-state index contributed by atoms with van der Waals surface area (Å²) in [6, 6.07) is 15.7. The van der Waals surface area contributed by atoms with Gasteiger partial charge in [-0.15, -0.1) is 11.3 Å². The van der Waals surface area contributed by atoms with Crippen LogP contribution in [0, 0.1) is 20.8 Å². The molecule has 0 aliphatic rings. The summed E-state index contributed by atoms with van der Waals surface area (Å²) in [5, 5.41) is 8.54. The summed E-state index contributed by atoms with van der Waals surface area (Å²) >= 11 is 1.62. The Bertz CT molecular complexity index is 1190. The molecule has 4 rings (SSSR count). The molecule has 140 valence electrons. The highest BCUT2D eigenvalue weighted by atomic mass is 32.1. The number of anilines is 1. The second-order valence-corrected chi connectivity index (χ2v) is 7.80. The third-order valence-corrected chi connectivity index (χ3v) is 5.45. The number of para-hydroxylation sites is 1. The van der Waals surface area contributed by atoms with Gasteiger partial charge < -0.3 is 5.32 Å². The molecule has 1 amide bonds. The number of amides is 1. The van der Waals surface area contributed by atoms with Crippen molar-refractivity contribution in [2.45, 2.75) is 20.8 Å². The molecule has 0 saturated carbocycles. The Kier molecular flexibility index (Phi) is 4.79. The summed E-state index contributed by atoms with van der Waals surface area (Å²) in [4.78, 5) is 16.8. The lowest BCUT2D eigenvalue weighted by Gasteiger charge is -2.04. The van der Waals surface area contributed by atoms with Crippen LogP contribution < -0.4 is 5.32 Å². The van der Waals surface area contributed by atoms with E-state index < -0.39 is 0 Å². The van der Waals surface area contributed by atoms with Crippen molar-refractivity contribution in [1.29, 1.82) is 0 Å². The molecule has 0 atom stereocenters. The molecule has 4 aromatic rings. The maximum absolute atomic E-state index is 12.4. The number of aryl methyl sites for hydroxylation is 2. The molecule has 2 aromatic heterocycles. The molecule has 0 radical (unpaired) electrons. The summed E-state index contributed by atoms with van der Waals surface area (Å²) in [5.41, 5.74) is 5.55. The first kappa shape index (κ1) is 18.1. The third kappa shape index (κ3) is 3.59. The quantitative estimate of drug-likeness (QED) is 0.497. The van der Waals surface area contributed by atoms with E-state index in [0.29, 0.717) is 0 Å². The average molecular weight is 388 g/mol. The first-order valence-corrected chi connectivity index (χ1v) is 9.81. The molecule has 0 fully saturated rings. The fourth-order valence-corrected chi connectivity index (χ4v) is 4.04. The number of aromatic nitrogens is 3. The van der Waals surface area contributed by atoms with Gasteiger partial charge >= 0.3 is 0 Å². The molecule has 0 unspecified atom stereocenters. The number of thiazole rings is 1. The Hall–Kier alpha value is -3.25. The van der Waals surface area contributed by atoms with E-state index in [1.54, 1.807) is 17.4 Å². The van der Waals surface area contributed by atoms with E-state index in [1.807, 2.05) is 80.1 Å². The second-order valence-electron chi connectivity index (χ2n) is 6.57. The van der Waals surface area contributed by atoms with E-state index >= 15 is 0 Å². The summed E-state index contributed by atoms with van der Waals surface area (Å²) in [7, 11) is 0. The number of carbonyl (C=O) groups excluding carboxylic acids is 1. The maximum Gasteiger partial charge on any atom is 0.248 e. The number of carbonyl (C=O) groups is 1. The van der Waals surface area contributed by atoms with Crippen LogP contribution in [0.15, 0.2) is 54.6 Å². The molecule has 0 saturated heterocycles. The predicted octanol–water partition coefficient (Wildman–Crippen LogP) is 5.06. The lowest BCUT2D eigenvalue weighted by molar-refractivity contribution is -0.111. The second kappa shape index (κ2) is 7.40. The van der Waals surface area contributed by atoms with Gasteiger partial charge in [-0.25, -0.2) is 9.67 Å². The topological polar surface area (TPSA) is 59.8 Å². The molecule has 28 heavy (non-hydrogen) atoms. The van der Waals surface area contributed by atoms with E-state index in [2.05, 4.69) is 15.4 Å². The van der Waals surface area contributed by atoms with Crippen molar-refractivity contribution in [3.05, 3.63) is 76.6 Å². The molecule has 6 heteroatoms. The molecular weight excluding hydrogens is 368 g/mol. The van der Waals surface area contributed by atoms with Gasteiger partial charge in [0.1, 0.15) is 0 Å². The number of hydrogen-bond donors (Lipinski definition) is 1. The molecule has 2 heterocycles. The van der Waals surface area contributed by atoms with Crippen LogP contribution in [-0.2, 0) is 4.79 Å². The van der Waals surface area contributed by atoms with Gasteiger partial charge in [-0.05, 0) is 57.2 Å². The van der Waals surface area contributed by atoms with Gasteiger partial charge in [-0.1, -0.05) is 18.2 Å². The van der Waals surface area contributed by atoms with Gasteiger partial charge in [0, 0.05) is 23.0 Å². The van der Waals surface area contributed by atoms with Gasteiger partial charge in [-0.2, -0.15) is 5.10 Å². The maximum atomic E-state index is 12.4. The molecule has 2 aromatic carbocycles. The first-order valence-electron chi connectivity index (χ1n) is 8.99. The first-order chi connectivity index (χ1) is 13.5. The van der Waals surface area contributed by atoms with Crippen LogP contribution in [0.5, 0.6) is 0 Å². The number of fused-ring (bicyclic) bond motifs is 1. The normalized spacial score (nSPS) is 11.4. The zero-order chi connectivity index (χ0) is 19.7. The van der Waals surface area contributed by atoms with Crippen molar-refractivity contribution in [2.75, 3.05) is 5.32 Å².